The van der Waals surface area contributed by atoms with Crippen molar-refractivity contribution in [2.45, 2.75) is 34.6 Å². The molecule has 0 amide bonds. The van der Waals surface area contributed by atoms with E-state index in [1.807, 2.05) is 422 Å². The maximum atomic E-state index is 6.01. The molecule has 24 aromatic rings. The molecule has 15 heteroatoms. The van der Waals surface area contributed by atoms with Crippen LogP contribution in [0.15, 0.2) is 457 Å². The molecule has 0 atom stereocenters. The van der Waals surface area contributed by atoms with Gasteiger partial charge in [0.25, 0.3) is 0 Å². The van der Waals surface area contributed by atoms with E-state index in [2.05, 4.69) is 131 Å². The van der Waals surface area contributed by atoms with Crippen LogP contribution in [0.5, 0.6) is 0 Å². The summed E-state index contributed by atoms with van der Waals surface area (Å²) in [5, 5.41) is 6.69. The summed E-state index contributed by atoms with van der Waals surface area (Å²) in [6.07, 6.45) is 8.96. The van der Waals surface area contributed by atoms with Gasteiger partial charge in [-0.05, 0) is 164 Å². The maximum absolute atomic E-state index is 6.01. The summed E-state index contributed by atoms with van der Waals surface area (Å²) in [7, 11) is 0. The van der Waals surface area contributed by atoms with Crippen LogP contribution in [-0.4, -0.2) is 44.9 Å². The number of hydrogen-bond acceptors (Lipinski definition) is 12. The number of aryl methyl sites for hydroxylation is 5. The summed E-state index contributed by atoms with van der Waals surface area (Å²) in [5.74, 6) is 0. The van der Waals surface area contributed by atoms with E-state index < -0.39 is 0 Å². The number of fused-ring (bicyclic) bond motifs is 9. The molecule has 0 bridgehead atoms. The largest absolute Gasteiger partial charge is 3.00 e. The molecule has 0 saturated heterocycles. The van der Waals surface area contributed by atoms with E-state index in [4.69, 9.17) is 13.3 Å². The molecule has 0 saturated carbocycles. The average Bonchev–Trinajstić information content (AvgIpc) is 1.63. The molecule has 0 fully saturated rings. The Morgan fingerprint density at radius 2 is 0.482 bits per heavy atom. The van der Waals surface area contributed by atoms with Crippen molar-refractivity contribution in [2.24, 2.45) is 0 Å². The Morgan fingerprint density at radius 3 is 0.810 bits per heavy atom. The summed E-state index contributed by atoms with van der Waals surface area (Å²) < 4.78 is 17.8. The van der Waals surface area contributed by atoms with Crippen LogP contribution in [0.2, 0.25) is 0 Å². The molecule has 12 heterocycles. The van der Waals surface area contributed by atoms with E-state index in [1.54, 1.807) is 24.8 Å². The van der Waals surface area contributed by atoms with E-state index in [-0.39, 0.29) is 60.3 Å². The van der Waals surface area contributed by atoms with Crippen LogP contribution in [-0.2, 0) is 60.3 Å². The van der Waals surface area contributed by atoms with Crippen LogP contribution in [0.4, 0.5) is 0 Å². The molecular weight excluding hydrogens is 2220 g/mol. The number of aromatic nitrogens is 9. The predicted octanol–water partition coefficient (Wildman–Crippen LogP) is 30.2. The van der Waals surface area contributed by atoms with Gasteiger partial charge in [-0.3, -0.25) is 0 Å². The van der Waals surface area contributed by atoms with Gasteiger partial charge in [0.15, 0.2) is 0 Å². The van der Waals surface area contributed by atoms with Gasteiger partial charge in [-0.2, -0.15) is 0 Å². The normalized spacial score (nSPS) is 10.2. The molecule has 0 aliphatic rings. The van der Waals surface area contributed by atoms with Crippen LogP contribution in [0, 0.1) is 89.2 Å². The first-order valence-electron chi connectivity index (χ1n) is 43.7. The standard InChI is InChI=1S/C18H12NO.2C17H10NO.4C12H10N.2C11H8N.3Ir/c1-12-9-10-19-16(11-12)15-7-4-6-14-13-5-2-3-8-17(13)20-18(14)15;1-2-10-16-12(6-1)13-7-5-8-14(17(13)19-16)15-9-3-4-11-18-15;1-2-7-16-13(5-1)14-9-8-12(11-17(14)19-16)15-6-3-4-10-18-15;4*1-10-6-5-9-12(13-10)11-7-3-2-4-8-11;2*1-2-6-10(7-3-1)11-8-4-5-9-12-11;;;/h2-6,8-11H,1H3;2*1-7,9-11H;4*2-7,9H,1H3;2*1-6,8-9H;;;/q9*-1;3*+3. The minimum absolute atomic E-state index is 0. The molecule has 0 N–H and O–H groups in total. The van der Waals surface area contributed by atoms with Gasteiger partial charge >= 0.3 is 60.3 Å². The second-order valence-electron chi connectivity index (χ2n) is 30.5. The van der Waals surface area contributed by atoms with Crippen molar-refractivity contribution in [3.8, 4) is 101 Å². The van der Waals surface area contributed by atoms with Gasteiger partial charge in [-0.25, -0.2) is 0 Å². The number of hydrogen-bond donors (Lipinski definition) is 0. The number of benzene rings is 12. The van der Waals surface area contributed by atoms with Gasteiger partial charge in [-0.1, -0.05) is 197 Å². The number of para-hydroxylation sites is 3. The van der Waals surface area contributed by atoms with Crippen LogP contribution in [0.3, 0.4) is 0 Å². The van der Waals surface area contributed by atoms with Gasteiger partial charge in [-0.15, -0.1) is 269 Å². The Bertz CT molecular complexity index is 7320. The van der Waals surface area contributed by atoms with Gasteiger partial charge < -0.3 is 58.1 Å². The summed E-state index contributed by atoms with van der Waals surface area (Å²) in [4.78, 5) is 39.2. The quantitative estimate of drug-likeness (QED) is 0.126. The Balaban J connectivity index is 0.000000131. The average molecular weight is 2300 g/mol. The first-order valence-corrected chi connectivity index (χ1v) is 43.7. The number of nitrogens with zero attached hydrogens (tertiary/aromatic N) is 9. The number of pyridine rings is 9. The zero-order chi connectivity index (χ0) is 91.7. The first-order chi connectivity index (χ1) is 66.0. The molecule has 0 radical (unpaired) electrons. The second-order valence-corrected chi connectivity index (χ2v) is 30.5. The van der Waals surface area contributed by atoms with Gasteiger partial charge in [0.05, 0.1) is 16.7 Å². The van der Waals surface area contributed by atoms with Crippen molar-refractivity contribution < 1.29 is 73.6 Å². The Labute approximate surface area is 839 Å². The molecule has 0 spiro atoms. The van der Waals surface area contributed by atoms with E-state index in [1.165, 1.54) is 5.56 Å². The molecule has 12 aromatic carbocycles. The zero-order valence-corrected chi connectivity index (χ0v) is 82.6. The molecule has 12 nitrogen and oxygen atoms in total. The van der Waals surface area contributed by atoms with Crippen LogP contribution >= 0.6 is 0 Å². The molecule has 0 aliphatic carbocycles. The minimum Gasteiger partial charge on any atom is -0.501 e. The third-order valence-electron chi connectivity index (χ3n) is 20.8. The fourth-order valence-corrected chi connectivity index (χ4v) is 14.4. The van der Waals surface area contributed by atoms with E-state index in [0.717, 1.165) is 190 Å². The van der Waals surface area contributed by atoms with Crippen molar-refractivity contribution in [1.82, 2.24) is 44.9 Å². The van der Waals surface area contributed by atoms with Gasteiger partial charge in [0.1, 0.15) is 16.7 Å². The summed E-state index contributed by atoms with van der Waals surface area (Å²) in [6, 6.07) is 163. The molecular formula is C122H88Ir3N9O3. The van der Waals surface area contributed by atoms with Crippen molar-refractivity contribution in [2.75, 3.05) is 0 Å². The fourth-order valence-electron chi connectivity index (χ4n) is 14.4. The third kappa shape index (κ3) is 27.3. The van der Waals surface area contributed by atoms with Crippen molar-refractivity contribution in [1.29, 1.82) is 0 Å². The maximum Gasteiger partial charge on any atom is 3.00 e. The van der Waals surface area contributed by atoms with E-state index >= 15 is 0 Å². The molecule has 0 unspecified atom stereocenters. The number of rotatable bonds is 9. The predicted molar refractivity (Wildman–Crippen MR) is 542 cm³/mol. The van der Waals surface area contributed by atoms with Crippen molar-refractivity contribution in [3.63, 3.8) is 0 Å². The monoisotopic (exact) mass is 2310 g/mol. The summed E-state index contributed by atoms with van der Waals surface area (Å²) in [6.45, 7) is 10.0. The number of furan rings is 3. The summed E-state index contributed by atoms with van der Waals surface area (Å²) >= 11 is 0. The Morgan fingerprint density at radius 1 is 0.190 bits per heavy atom. The topological polar surface area (TPSA) is 155 Å². The molecule has 0 aliphatic heterocycles. The first kappa shape index (κ1) is 98.8. The molecule has 666 valence electrons. The Hall–Kier alpha value is -15.7. The van der Waals surface area contributed by atoms with Crippen LogP contribution in [0.1, 0.15) is 28.3 Å². The fraction of sp³-hybridized carbons (Fsp3) is 0.0410. The zero-order valence-electron chi connectivity index (χ0n) is 75.4. The van der Waals surface area contributed by atoms with Crippen molar-refractivity contribution in [3.05, 3.63) is 526 Å². The van der Waals surface area contributed by atoms with E-state index in [9.17, 15) is 0 Å². The third-order valence-corrected chi connectivity index (χ3v) is 20.8. The Kier molecular flexibility index (Phi) is 36.8. The van der Waals surface area contributed by atoms with Crippen LogP contribution < -0.4 is 0 Å². The smallest absolute Gasteiger partial charge is 0.501 e. The SMILES string of the molecule is Cc1cccc(-c2[c-]cccc2)n1.Cc1cccc(-c2[c-]cccc2)n1.Cc1cccc(-c2[c-]cccc2)n1.Cc1cccc(-c2[c-]cccc2)n1.Cc1ccnc(-c2[c-]ccc3c2oc2ccccc23)c1.[Ir+3].[Ir+3].[Ir+3].[c-]1cc2c(cc1-c1ccccn1)oc1ccccc12.[c-]1ccc2c(oc3ccccc32)c1-c1ccccn1.[c-]1ccccc1-c1ccccn1.[c-]1ccccc1-c1ccccn1. The van der Waals surface area contributed by atoms with Gasteiger partial charge in [0, 0.05) is 64.5 Å². The molecule has 137 heavy (non-hydrogen) atoms. The molecule has 12 aromatic heterocycles. The second kappa shape index (κ2) is 51.0. The van der Waals surface area contributed by atoms with E-state index in [0.29, 0.717) is 0 Å². The van der Waals surface area contributed by atoms with Crippen LogP contribution in [0.25, 0.3) is 167 Å². The van der Waals surface area contributed by atoms with Crippen molar-refractivity contribution >= 4 is 65.8 Å². The van der Waals surface area contributed by atoms with Gasteiger partial charge in [0.2, 0.25) is 0 Å². The minimum atomic E-state index is 0. The summed E-state index contributed by atoms with van der Waals surface area (Å²) in [5.41, 5.74) is 28.2. The molecule has 24 rings (SSSR count).